The van der Waals surface area contributed by atoms with E-state index in [1.165, 1.54) is 17.2 Å². The molecule has 36 heavy (non-hydrogen) atoms. The van der Waals surface area contributed by atoms with Crippen molar-refractivity contribution >= 4 is 28.4 Å². The number of para-hydroxylation sites is 1. The molecule has 182 valence electrons. The Morgan fingerprint density at radius 3 is 2.69 bits per heavy atom. The Balaban J connectivity index is 1.27. The molecule has 5 aromatic rings. The van der Waals surface area contributed by atoms with Crippen LogP contribution in [-0.2, 0) is 26.1 Å². The first kappa shape index (κ1) is 23.8. The van der Waals surface area contributed by atoms with Gasteiger partial charge in [-0.2, -0.15) is 0 Å². The molecule has 0 saturated carbocycles. The minimum Gasteiger partial charge on any atom is -0.447 e. The third-order valence-corrected chi connectivity index (χ3v) is 6.39. The summed E-state index contributed by atoms with van der Waals surface area (Å²) in [5.41, 5.74) is 4.42. The third kappa shape index (κ3) is 5.82. The molecule has 0 unspecified atom stereocenters. The molecule has 3 aromatic heterocycles. The lowest BCUT2D eigenvalue weighted by Gasteiger charge is -2.21. The van der Waals surface area contributed by atoms with E-state index in [1.54, 1.807) is 6.20 Å². The van der Waals surface area contributed by atoms with E-state index in [2.05, 4.69) is 43.5 Å². The molecule has 0 aliphatic heterocycles. The molecule has 0 saturated heterocycles. The number of rotatable bonds is 10. The molecule has 8 heteroatoms. The number of nitrogens with zero attached hydrogens (tertiary/aromatic N) is 3. The van der Waals surface area contributed by atoms with Crippen LogP contribution in [0.25, 0.3) is 10.9 Å². The van der Waals surface area contributed by atoms with Crippen molar-refractivity contribution in [2.75, 3.05) is 6.54 Å². The lowest BCUT2D eigenvalue weighted by Crippen LogP contribution is -2.26. The van der Waals surface area contributed by atoms with Gasteiger partial charge in [-0.1, -0.05) is 54.1 Å². The maximum atomic E-state index is 12.6. The zero-order chi connectivity index (χ0) is 24.7. The number of aromatic nitrogens is 3. The van der Waals surface area contributed by atoms with Gasteiger partial charge in [-0.25, -0.2) is 4.98 Å². The van der Waals surface area contributed by atoms with E-state index in [0.717, 1.165) is 34.8 Å². The van der Waals surface area contributed by atoms with E-state index in [1.807, 2.05) is 54.6 Å². The number of hydrogen-bond acceptors (Lipinski definition) is 5. The largest absolute Gasteiger partial charge is 0.447 e. The minimum atomic E-state index is -0.299. The van der Waals surface area contributed by atoms with E-state index in [9.17, 15) is 4.79 Å². The molecule has 0 radical (unpaired) electrons. The number of carbonyl (C=O) groups is 1. The third-order valence-electron chi connectivity index (χ3n) is 6.02. The van der Waals surface area contributed by atoms with Gasteiger partial charge >= 0.3 is 0 Å². The highest BCUT2D eigenvalue weighted by Crippen LogP contribution is 2.21. The number of oxazole rings is 1. The van der Waals surface area contributed by atoms with Crippen LogP contribution in [0, 0.1) is 0 Å². The fourth-order valence-electron chi connectivity index (χ4n) is 4.14. The van der Waals surface area contributed by atoms with Gasteiger partial charge < -0.3 is 14.7 Å². The van der Waals surface area contributed by atoms with Gasteiger partial charge in [-0.05, 0) is 41.8 Å². The van der Waals surface area contributed by atoms with Gasteiger partial charge in [0, 0.05) is 41.4 Å². The van der Waals surface area contributed by atoms with Crippen molar-refractivity contribution in [3.8, 4) is 0 Å². The smallest absolute Gasteiger partial charge is 0.273 e. The summed E-state index contributed by atoms with van der Waals surface area (Å²) < 4.78 is 5.68. The summed E-state index contributed by atoms with van der Waals surface area (Å²) in [4.78, 5) is 26.8. The van der Waals surface area contributed by atoms with Gasteiger partial charge in [0.25, 0.3) is 5.91 Å². The SMILES string of the molecule is O=C(NCc1ccccn1)c1coc(CN(CCc2c[nH]c3ccccc23)Cc2ccccc2Cl)n1. The van der Waals surface area contributed by atoms with Crippen LogP contribution in [0.15, 0.2) is 89.8 Å². The first-order valence-electron chi connectivity index (χ1n) is 11.8. The van der Waals surface area contributed by atoms with Gasteiger partial charge in [0.15, 0.2) is 5.69 Å². The van der Waals surface area contributed by atoms with Crippen LogP contribution < -0.4 is 5.32 Å². The Labute approximate surface area is 214 Å². The van der Waals surface area contributed by atoms with Crippen molar-refractivity contribution in [1.29, 1.82) is 0 Å². The molecule has 1 amide bonds. The summed E-state index contributed by atoms with van der Waals surface area (Å²) in [7, 11) is 0. The second-order valence-electron chi connectivity index (χ2n) is 8.54. The van der Waals surface area contributed by atoms with Crippen LogP contribution in [0.2, 0.25) is 5.02 Å². The Hall–Kier alpha value is -3.94. The summed E-state index contributed by atoms with van der Waals surface area (Å²) in [6.07, 6.45) is 6.00. The average Bonchev–Trinajstić information content (AvgIpc) is 3.55. The summed E-state index contributed by atoms with van der Waals surface area (Å²) >= 11 is 6.45. The predicted octanol–water partition coefficient (Wildman–Crippen LogP) is 5.38. The molecule has 0 aliphatic carbocycles. The Morgan fingerprint density at radius 1 is 1.00 bits per heavy atom. The van der Waals surface area contributed by atoms with Crippen molar-refractivity contribution in [2.24, 2.45) is 0 Å². The van der Waals surface area contributed by atoms with Crippen molar-refractivity contribution in [3.05, 3.63) is 119 Å². The molecule has 0 atom stereocenters. The molecule has 3 heterocycles. The van der Waals surface area contributed by atoms with Crippen molar-refractivity contribution in [3.63, 3.8) is 0 Å². The van der Waals surface area contributed by atoms with E-state index < -0.39 is 0 Å². The zero-order valence-corrected chi connectivity index (χ0v) is 20.4. The van der Waals surface area contributed by atoms with Crippen molar-refractivity contribution in [2.45, 2.75) is 26.1 Å². The summed E-state index contributed by atoms with van der Waals surface area (Å²) in [5.74, 6) is 0.177. The highest BCUT2D eigenvalue weighted by molar-refractivity contribution is 6.31. The molecule has 2 N–H and O–H groups in total. The fraction of sp³-hybridized carbons (Fsp3) is 0.179. The van der Waals surface area contributed by atoms with Crippen molar-refractivity contribution < 1.29 is 9.21 Å². The average molecular weight is 500 g/mol. The molecule has 0 spiro atoms. The molecule has 0 bridgehead atoms. The van der Waals surface area contributed by atoms with Gasteiger partial charge in [-0.3, -0.25) is 14.7 Å². The standard InChI is InChI=1S/C28H26ClN5O2/c29-24-10-3-1-7-21(24)17-34(14-12-20-15-31-25-11-4-2-9-23(20)25)18-27-33-26(19-36-27)28(35)32-16-22-8-5-6-13-30-22/h1-11,13,15,19,31H,12,14,16-18H2,(H,32,35). The number of pyridine rings is 1. The number of aromatic amines is 1. The highest BCUT2D eigenvalue weighted by Gasteiger charge is 2.17. The van der Waals surface area contributed by atoms with Gasteiger partial charge in [0.1, 0.15) is 6.26 Å². The number of halogens is 1. The minimum absolute atomic E-state index is 0.246. The van der Waals surface area contributed by atoms with E-state index >= 15 is 0 Å². The molecule has 0 fully saturated rings. The highest BCUT2D eigenvalue weighted by atomic mass is 35.5. The molecule has 7 nitrogen and oxygen atoms in total. The lowest BCUT2D eigenvalue weighted by atomic mass is 10.1. The number of hydrogen-bond donors (Lipinski definition) is 2. The topological polar surface area (TPSA) is 87.0 Å². The number of carbonyl (C=O) groups excluding carboxylic acids is 1. The summed E-state index contributed by atoms with van der Waals surface area (Å²) in [6, 6.07) is 21.7. The van der Waals surface area contributed by atoms with Crippen LogP contribution in [0.5, 0.6) is 0 Å². The summed E-state index contributed by atoms with van der Waals surface area (Å²) in [6.45, 7) is 2.16. The van der Waals surface area contributed by atoms with Gasteiger partial charge in [0.2, 0.25) is 5.89 Å². The first-order chi connectivity index (χ1) is 17.7. The lowest BCUT2D eigenvalue weighted by molar-refractivity contribution is 0.0945. The maximum absolute atomic E-state index is 12.6. The van der Waals surface area contributed by atoms with Crippen LogP contribution in [0.1, 0.15) is 33.2 Å². The Morgan fingerprint density at radius 2 is 1.83 bits per heavy atom. The number of nitrogens with one attached hydrogen (secondary N) is 2. The molecular weight excluding hydrogens is 474 g/mol. The number of amides is 1. The summed E-state index contributed by atoms with van der Waals surface area (Å²) in [5, 5.41) is 4.77. The molecule has 2 aromatic carbocycles. The van der Waals surface area contributed by atoms with E-state index in [0.29, 0.717) is 25.5 Å². The fourth-order valence-corrected chi connectivity index (χ4v) is 4.34. The Bertz CT molecular complexity index is 1450. The second-order valence-corrected chi connectivity index (χ2v) is 8.95. The number of fused-ring (bicyclic) bond motifs is 1. The quantitative estimate of drug-likeness (QED) is 0.269. The monoisotopic (exact) mass is 499 g/mol. The number of H-pyrrole nitrogens is 1. The molecule has 5 rings (SSSR count). The van der Waals surface area contributed by atoms with E-state index in [4.69, 9.17) is 16.0 Å². The van der Waals surface area contributed by atoms with Crippen LogP contribution in [0.3, 0.4) is 0 Å². The van der Waals surface area contributed by atoms with Crippen LogP contribution in [-0.4, -0.2) is 32.3 Å². The second kappa shape index (κ2) is 11.2. The normalized spacial score (nSPS) is 11.3. The van der Waals surface area contributed by atoms with Gasteiger partial charge in [-0.15, -0.1) is 0 Å². The van der Waals surface area contributed by atoms with Crippen molar-refractivity contribution in [1.82, 2.24) is 25.2 Å². The Kier molecular flexibility index (Phi) is 7.40. The maximum Gasteiger partial charge on any atom is 0.273 e. The molecular formula is C28H26ClN5O2. The van der Waals surface area contributed by atoms with E-state index in [-0.39, 0.29) is 11.6 Å². The first-order valence-corrected chi connectivity index (χ1v) is 12.2. The predicted molar refractivity (Wildman–Crippen MR) is 139 cm³/mol. The molecule has 0 aliphatic rings. The van der Waals surface area contributed by atoms with Crippen LogP contribution >= 0.6 is 11.6 Å². The van der Waals surface area contributed by atoms with Gasteiger partial charge in [0.05, 0.1) is 18.8 Å². The van der Waals surface area contributed by atoms with Crippen LogP contribution in [0.4, 0.5) is 0 Å². The number of benzene rings is 2. The zero-order valence-electron chi connectivity index (χ0n) is 19.7.